The molecule has 3 N–H and O–H groups in total. The first-order valence-electron chi connectivity index (χ1n) is 7.49. The van der Waals surface area contributed by atoms with E-state index in [1.54, 1.807) is 0 Å². The summed E-state index contributed by atoms with van der Waals surface area (Å²) >= 11 is 1.90. The highest BCUT2D eigenvalue weighted by Crippen LogP contribution is 2.16. The summed E-state index contributed by atoms with van der Waals surface area (Å²) < 4.78 is 0. The van der Waals surface area contributed by atoms with Crippen LogP contribution in [0.4, 0.5) is 10.5 Å². The highest BCUT2D eigenvalue weighted by atomic mass is 32.2. The topological polar surface area (TPSA) is 53.2 Å². The molecule has 0 aromatic heterocycles. The van der Waals surface area contributed by atoms with Crippen LogP contribution in [0.2, 0.25) is 0 Å². The van der Waals surface area contributed by atoms with Crippen LogP contribution >= 0.6 is 11.8 Å². The fourth-order valence-corrected chi connectivity index (χ4v) is 2.73. The molecular formula is C16H27N3OS. The van der Waals surface area contributed by atoms with Gasteiger partial charge < -0.3 is 16.0 Å². The van der Waals surface area contributed by atoms with Crippen molar-refractivity contribution in [1.82, 2.24) is 10.6 Å². The van der Waals surface area contributed by atoms with Crippen molar-refractivity contribution in [3.63, 3.8) is 0 Å². The first-order chi connectivity index (χ1) is 10.1. The average molecular weight is 309 g/mol. The third-order valence-electron chi connectivity index (χ3n) is 3.35. The normalized spacial score (nSPS) is 13.5. The summed E-state index contributed by atoms with van der Waals surface area (Å²) in [6, 6.07) is 8.22. The summed E-state index contributed by atoms with van der Waals surface area (Å²) in [6.45, 7) is 6.27. The molecule has 5 heteroatoms. The number of benzene rings is 1. The number of hydrogen-bond donors (Lipinski definition) is 3. The van der Waals surface area contributed by atoms with E-state index >= 15 is 0 Å². The average Bonchev–Trinajstić information content (AvgIpc) is 2.46. The Morgan fingerprint density at radius 1 is 1.33 bits per heavy atom. The number of thioether (sulfide) groups is 1. The lowest BCUT2D eigenvalue weighted by molar-refractivity contribution is 0.249. The Labute approximate surface area is 132 Å². The van der Waals surface area contributed by atoms with E-state index < -0.39 is 0 Å². The fraction of sp³-hybridized carbons (Fsp3) is 0.562. The fourth-order valence-electron chi connectivity index (χ4n) is 1.92. The van der Waals surface area contributed by atoms with Gasteiger partial charge in [-0.25, -0.2) is 4.79 Å². The van der Waals surface area contributed by atoms with Gasteiger partial charge in [-0.3, -0.25) is 0 Å². The van der Waals surface area contributed by atoms with E-state index in [-0.39, 0.29) is 18.1 Å². The summed E-state index contributed by atoms with van der Waals surface area (Å²) in [4.78, 5) is 12.0. The maximum Gasteiger partial charge on any atom is 0.319 e. The van der Waals surface area contributed by atoms with Crippen LogP contribution < -0.4 is 16.0 Å². The number of urea groups is 1. The zero-order valence-corrected chi connectivity index (χ0v) is 14.2. The molecule has 0 aliphatic carbocycles. The SMILES string of the molecule is CCSCCC(C)NC(=O)Nc1cccc(C(C)NC)c1. The van der Waals surface area contributed by atoms with Crippen molar-refractivity contribution in [2.24, 2.45) is 0 Å². The summed E-state index contributed by atoms with van der Waals surface area (Å²) in [5.41, 5.74) is 1.98. The number of nitrogens with one attached hydrogen (secondary N) is 3. The van der Waals surface area contributed by atoms with Gasteiger partial charge in [0.2, 0.25) is 0 Å². The number of rotatable bonds is 8. The quantitative estimate of drug-likeness (QED) is 0.643. The molecule has 1 aromatic carbocycles. The summed E-state index contributed by atoms with van der Waals surface area (Å²) in [7, 11) is 1.92. The van der Waals surface area contributed by atoms with Crippen LogP contribution in [0.1, 0.15) is 38.8 Å². The van der Waals surface area contributed by atoms with Crippen molar-refractivity contribution in [2.75, 3.05) is 23.9 Å². The maximum absolute atomic E-state index is 12.0. The Kier molecular flexibility index (Phi) is 8.23. The predicted octanol–water partition coefficient (Wildman–Crippen LogP) is 3.62. The molecule has 2 amide bonds. The Morgan fingerprint density at radius 3 is 2.76 bits per heavy atom. The molecule has 21 heavy (non-hydrogen) atoms. The molecule has 0 saturated carbocycles. The predicted molar refractivity (Wildman–Crippen MR) is 93.1 cm³/mol. The van der Waals surface area contributed by atoms with Gasteiger partial charge in [0.25, 0.3) is 0 Å². The molecule has 0 saturated heterocycles. The standard InChI is InChI=1S/C16H27N3OS/c1-5-21-10-9-12(2)18-16(20)19-15-8-6-7-14(11-15)13(3)17-4/h6-8,11-13,17H,5,9-10H2,1-4H3,(H2,18,19,20). The van der Waals surface area contributed by atoms with E-state index in [4.69, 9.17) is 0 Å². The van der Waals surface area contributed by atoms with Gasteiger partial charge in [-0.15, -0.1) is 0 Å². The number of anilines is 1. The summed E-state index contributed by atoms with van der Waals surface area (Å²) in [5.74, 6) is 2.20. The first kappa shape index (κ1) is 17.9. The van der Waals surface area contributed by atoms with Crippen LogP contribution in [0.25, 0.3) is 0 Å². The molecule has 4 nitrogen and oxygen atoms in total. The Bertz CT molecular complexity index is 439. The minimum absolute atomic E-state index is 0.141. The van der Waals surface area contributed by atoms with E-state index in [9.17, 15) is 4.79 Å². The van der Waals surface area contributed by atoms with Gasteiger partial charge in [-0.1, -0.05) is 19.1 Å². The summed E-state index contributed by atoms with van der Waals surface area (Å²) in [6.07, 6.45) is 0.989. The molecule has 1 rings (SSSR count). The van der Waals surface area contributed by atoms with Crippen LogP contribution in [-0.2, 0) is 0 Å². The van der Waals surface area contributed by atoms with Crippen molar-refractivity contribution in [3.05, 3.63) is 29.8 Å². The van der Waals surface area contributed by atoms with E-state index in [1.807, 2.05) is 43.9 Å². The monoisotopic (exact) mass is 309 g/mol. The molecule has 1 aromatic rings. The van der Waals surface area contributed by atoms with Gasteiger partial charge in [0, 0.05) is 17.8 Å². The molecule has 118 valence electrons. The number of carbonyl (C=O) groups is 1. The number of amides is 2. The molecule has 0 heterocycles. The van der Waals surface area contributed by atoms with Crippen LogP contribution in [-0.4, -0.2) is 30.6 Å². The second-order valence-corrected chi connectivity index (χ2v) is 6.51. The number of carbonyl (C=O) groups excluding carboxylic acids is 1. The van der Waals surface area contributed by atoms with Crippen molar-refractivity contribution < 1.29 is 4.79 Å². The molecule has 0 radical (unpaired) electrons. The Balaban J connectivity index is 2.47. The second kappa shape index (κ2) is 9.68. The van der Waals surface area contributed by atoms with Crippen LogP contribution in [0.5, 0.6) is 0 Å². The largest absolute Gasteiger partial charge is 0.335 e. The molecule has 0 aliphatic rings. The highest BCUT2D eigenvalue weighted by molar-refractivity contribution is 7.99. The Morgan fingerprint density at radius 2 is 2.10 bits per heavy atom. The van der Waals surface area contributed by atoms with Crippen LogP contribution in [0.15, 0.2) is 24.3 Å². The Hall–Kier alpha value is -1.20. The van der Waals surface area contributed by atoms with Crippen LogP contribution in [0.3, 0.4) is 0 Å². The maximum atomic E-state index is 12.0. The zero-order valence-electron chi connectivity index (χ0n) is 13.4. The van der Waals surface area contributed by atoms with Gasteiger partial charge in [0.05, 0.1) is 0 Å². The lowest BCUT2D eigenvalue weighted by Crippen LogP contribution is -2.36. The third-order valence-corrected chi connectivity index (χ3v) is 4.29. The molecule has 0 spiro atoms. The van der Waals surface area contributed by atoms with Crippen molar-refractivity contribution >= 4 is 23.5 Å². The van der Waals surface area contributed by atoms with Gasteiger partial charge in [0.15, 0.2) is 0 Å². The minimum Gasteiger partial charge on any atom is -0.335 e. The van der Waals surface area contributed by atoms with Gasteiger partial charge in [-0.05, 0) is 56.5 Å². The third kappa shape index (κ3) is 6.87. The van der Waals surface area contributed by atoms with Gasteiger partial charge in [0.1, 0.15) is 0 Å². The highest BCUT2D eigenvalue weighted by Gasteiger charge is 2.08. The lowest BCUT2D eigenvalue weighted by atomic mass is 10.1. The molecular weight excluding hydrogens is 282 g/mol. The van der Waals surface area contributed by atoms with Gasteiger partial charge in [-0.2, -0.15) is 11.8 Å². The number of hydrogen-bond acceptors (Lipinski definition) is 3. The lowest BCUT2D eigenvalue weighted by Gasteiger charge is -2.16. The first-order valence-corrected chi connectivity index (χ1v) is 8.64. The van der Waals surface area contributed by atoms with Gasteiger partial charge >= 0.3 is 6.03 Å². The second-order valence-electron chi connectivity index (χ2n) is 5.12. The minimum atomic E-state index is -0.141. The van der Waals surface area contributed by atoms with Crippen molar-refractivity contribution in [3.8, 4) is 0 Å². The van der Waals surface area contributed by atoms with E-state index in [2.05, 4.69) is 35.9 Å². The molecule has 2 unspecified atom stereocenters. The molecule has 2 atom stereocenters. The smallest absolute Gasteiger partial charge is 0.319 e. The summed E-state index contributed by atoms with van der Waals surface area (Å²) in [5, 5.41) is 9.06. The van der Waals surface area contributed by atoms with Crippen LogP contribution in [0, 0.1) is 0 Å². The molecule has 0 bridgehead atoms. The zero-order chi connectivity index (χ0) is 15.7. The van der Waals surface area contributed by atoms with E-state index in [0.717, 1.165) is 29.2 Å². The van der Waals surface area contributed by atoms with Crippen molar-refractivity contribution in [2.45, 2.75) is 39.3 Å². The van der Waals surface area contributed by atoms with E-state index in [0.29, 0.717) is 0 Å². The van der Waals surface area contributed by atoms with Crippen molar-refractivity contribution in [1.29, 1.82) is 0 Å². The molecule has 0 fully saturated rings. The van der Waals surface area contributed by atoms with E-state index in [1.165, 1.54) is 0 Å². The molecule has 0 aliphatic heterocycles.